The highest BCUT2D eigenvalue weighted by molar-refractivity contribution is 5.96. The standard InChI is InChI=1S/C28H43N3O3/c1-5-7-9-12-24-14-16-25(17-15-24)28(33)31(20-11-21-34-4)23-27(32)30(19-8-6-2)22-26-13-10-18-29(26)3/h10,13-18H,5-9,11-12,19-23H2,1-4H3. The van der Waals surface area contributed by atoms with Gasteiger partial charge in [0.15, 0.2) is 0 Å². The first-order valence-electron chi connectivity index (χ1n) is 12.7. The minimum Gasteiger partial charge on any atom is -0.385 e. The van der Waals surface area contributed by atoms with Crippen LogP contribution in [0.1, 0.15) is 74.0 Å². The maximum atomic E-state index is 13.4. The molecule has 1 aromatic heterocycles. The Morgan fingerprint density at radius 2 is 1.62 bits per heavy atom. The number of carbonyl (C=O) groups is 2. The van der Waals surface area contributed by atoms with Crippen molar-refractivity contribution in [2.24, 2.45) is 7.05 Å². The number of aryl methyl sites for hydroxylation is 2. The Kier molecular flexibility index (Phi) is 12.5. The maximum Gasteiger partial charge on any atom is 0.254 e. The molecule has 2 rings (SSSR count). The van der Waals surface area contributed by atoms with E-state index < -0.39 is 0 Å². The molecule has 6 heteroatoms. The van der Waals surface area contributed by atoms with Crippen molar-refractivity contribution in [3.8, 4) is 0 Å². The SMILES string of the molecule is CCCCCc1ccc(C(=O)N(CCCOC)CC(=O)N(CCCC)Cc2cccn2C)cc1. The van der Waals surface area contributed by atoms with Crippen molar-refractivity contribution in [3.05, 3.63) is 59.4 Å². The van der Waals surface area contributed by atoms with E-state index in [9.17, 15) is 9.59 Å². The molecule has 0 aliphatic heterocycles. The van der Waals surface area contributed by atoms with E-state index >= 15 is 0 Å². The van der Waals surface area contributed by atoms with E-state index in [1.807, 2.05) is 59.1 Å². The van der Waals surface area contributed by atoms with Gasteiger partial charge in [-0.15, -0.1) is 0 Å². The van der Waals surface area contributed by atoms with Crippen LogP contribution >= 0.6 is 0 Å². The zero-order valence-corrected chi connectivity index (χ0v) is 21.6. The molecule has 188 valence electrons. The summed E-state index contributed by atoms with van der Waals surface area (Å²) in [6.07, 6.45) is 9.24. The average Bonchev–Trinajstić information content (AvgIpc) is 3.25. The topological polar surface area (TPSA) is 54.8 Å². The molecular formula is C28H43N3O3. The lowest BCUT2D eigenvalue weighted by Gasteiger charge is -2.28. The molecule has 0 N–H and O–H groups in total. The van der Waals surface area contributed by atoms with Crippen molar-refractivity contribution in [1.82, 2.24) is 14.4 Å². The van der Waals surface area contributed by atoms with E-state index in [1.54, 1.807) is 12.0 Å². The van der Waals surface area contributed by atoms with Gasteiger partial charge in [-0.2, -0.15) is 0 Å². The number of methoxy groups -OCH3 is 1. The lowest BCUT2D eigenvalue weighted by atomic mass is 10.0. The molecule has 6 nitrogen and oxygen atoms in total. The summed E-state index contributed by atoms with van der Waals surface area (Å²) in [5.74, 6) is -0.115. The Morgan fingerprint density at radius 3 is 2.24 bits per heavy atom. The number of benzene rings is 1. The highest BCUT2D eigenvalue weighted by Crippen LogP contribution is 2.13. The number of ether oxygens (including phenoxy) is 1. The largest absolute Gasteiger partial charge is 0.385 e. The second kappa shape index (κ2) is 15.3. The molecule has 34 heavy (non-hydrogen) atoms. The average molecular weight is 470 g/mol. The van der Waals surface area contributed by atoms with Crippen LogP contribution in [0.5, 0.6) is 0 Å². The Bertz CT molecular complexity index is 860. The van der Waals surface area contributed by atoms with Gasteiger partial charge in [-0.25, -0.2) is 0 Å². The van der Waals surface area contributed by atoms with Gasteiger partial charge < -0.3 is 19.1 Å². The number of hydrogen-bond donors (Lipinski definition) is 0. The summed E-state index contributed by atoms with van der Waals surface area (Å²) in [7, 11) is 3.64. The highest BCUT2D eigenvalue weighted by atomic mass is 16.5. The first-order chi connectivity index (χ1) is 16.5. The molecule has 0 spiro atoms. The highest BCUT2D eigenvalue weighted by Gasteiger charge is 2.22. The van der Waals surface area contributed by atoms with E-state index in [4.69, 9.17) is 4.74 Å². The lowest BCUT2D eigenvalue weighted by molar-refractivity contribution is -0.132. The fourth-order valence-electron chi connectivity index (χ4n) is 3.99. The fraction of sp³-hybridized carbons (Fsp3) is 0.571. The van der Waals surface area contributed by atoms with E-state index in [-0.39, 0.29) is 18.4 Å². The molecule has 0 aliphatic carbocycles. The molecule has 0 fully saturated rings. The zero-order valence-electron chi connectivity index (χ0n) is 21.6. The minimum absolute atomic E-state index is 0.0170. The van der Waals surface area contributed by atoms with Crippen LogP contribution in [0.15, 0.2) is 42.6 Å². The molecular weight excluding hydrogens is 426 g/mol. The number of hydrogen-bond acceptors (Lipinski definition) is 3. The van der Waals surface area contributed by atoms with E-state index in [0.29, 0.717) is 38.2 Å². The molecule has 0 saturated heterocycles. The molecule has 1 heterocycles. The van der Waals surface area contributed by atoms with Gasteiger partial charge in [0.25, 0.3) is 5.91 Å². The van der Waals surface area contributed by atoms with Crippen molar-refractivity contribution in [1.29, 1.82) is 0 Å². The Balaban J connectivity index is 2.11. The number of aromatic nitrogens is 1. The van der Waals surface area contributed by atoms with Gasteiger partial charge in [0.05, 0.1) is 6.54 Å². The van der Waals surface area contributed by atoms with Crippen molar-refractivity contribution in [3.63, 3.8) is 0 Å². The predicted molar refractivity (Wildman–Crippen MR) is 138 cm³/mol. The first kappa shape index (κ1) is 27.6. The molecule has 2 aromatic rings. The van der Waals surface area contributed by atoms with Gasteiger partial charge in [-0.1, -0.05) is 45.2 Å². The van der Waals surface area contributed by atoms with Crippen molar-refractivity contribution in [2.75, 3.05) is 33.4 Å². The predicted octanol–water partition coefficient (Wildman–Crippen LogP) is 5.07. The van der Waals surface area contributed by atoms with Crippen molar-refractivity contribution < 1.29 is 14.3 Å². The van der Waals surface area contributed by atoms with Gasteiger partial charge in [0.2, 0.25) is 5.91 Å². The van der Waals surface area contributed by atoms with E-state index in [2.05, 4.69) is 13.8 Å². The van der Waals surface area contributed by atoms with Crippen LogP contribution in [0.3, 0.4) is 0 Å². The van der Waals surface area contributed by atoms with Gasteiger partial charge in [-0.3, -0.25) is 9.59 Å². The minimum atomic E-state index is -0.0983. The summed E-state index contributed by atoms with van der Waals surface area (Å²) in [6, 6.07) is 11.9. The summed E-state index contributed by atoms with van der Waals surface area (Å²) in [6.45, 7) is 6.68. The summed E-state index contributed by atoms with van der Waals surface area (Å²) in [5, 5.41) is 0. The Hall–Kier alpha value is -2.60. The molecule has 0 radical (unpaired) electrons. The third-order valence-corrected chi connectivity index (χ3v) is 6.20. The quantitative estimate of drug-likeness (QED) is 0.323. The number of unbranched alkanes of at least 4 members (excludes halogenated alkanes) is 3. The number of rotatable bonds is 16. The molecule has 0 saturated carbocycles. The van der Waals surface area contributed by atoms with E-state index in [0.717, 1.165) is 31.4 Å². The van der Waals surface area contributed by atoms with Crippen LogP contribution in [0.4, 0.5) is 0 Å². The van der Waals surface area contributed by atoms with Gasteiger partial charge in [-0.05, 0) is 55.5 Å². The Morgan fingerprint density at radius 1 is 0.912 bits per heavy atom. The summed E-state index contributed by atoms with van der Waals surface area (Å²) in [4.78, 5) is 30.3. The monoisotopic (exact) mass is 469 g/mol. The number of amides is 2. The van der Waals surface area contributed by atoms with Gasteiger partial charge >= 0.3 is 0 Å². The molecule has 0 aliphatic rings. The van der Waals surface area contributed by atoms with Crippen LogP contribution in [0, 0.1) is 0 Å². The number of carbonyl (C=O) groups excluding carboxylic acids is 2. The summed E-state index contributed by atoms with van der Waals surface area (Å²) < 4.78 is 7.23. The fourth-order valence-corrected chi connectivity index (χ4v) is 3.99. The second-order valence-corrected chi connectivity index (χ2v) is 9.01. The second-order valence-electron chi connectivity index (χ2n) is 9.01. The maximum absolute atomic E-state index is 13.4. The van der Waals surface area contributed by atoms with Gasteiger partial charge in [0, 0.05) is 51.3 Å². The van der Waals surface area contributed by atoms with Gasteiger partial charge in [0.1, 0.15) is 6.54 Å². The molecule has 0 bridgehead atoms. The summed E-state index contributed by atoms with van der Waals surface area (Å²) in [5.41, 5.74) is 2.97. The molecule has 0 unspecified atom stereocenters. The summed E-state index contributed by atoms with van der Waals surface area (Å²) >= 11 is 0. The van der Waals surface area contributed by atoms with Crippen LogP contribution in [0.2, 0.25) is 0 Å². The van der Waals surface area contributed by atoms with Crippen LogP contribution in [0.25, 0.3) is 0 Å². The molecule has 2 amide bonds. The first-order valence-corrected chi connectivity index (χ1v) is 12.7. The normalized spacial score (nSPS) is 10.9. The third kappa shape index (κ3) is 8.98. The Labute approximate surface area is 205 Å². The van der Waals surface area contributed by atoms with Crippen LogP contribution in [-0.4, -0.2) is 59.5 Å². The molecule has 0 atom stereocenters. The number of nitrogens with zero attached hydrogens (tertiary/aromatic N) is 3. The third-order valence-electron chi connectivity index (χ3n) is 6.20. The molecule has 1 aromatic carbocycles. The van der Waals surface area contributed by atoms with Crippen molar-refractivity contribution >= 4 is 11.8 Å². The van der Waals surface area contributed by atoms with E-state index in [1.165, 1.54) is 18.4 Å². The van der Waals surface area contributed by atoms with Crippen LogP contribution in [-0.2, 0) is 29.5 Å². The zero-order chi connectivity index (χ0) is 24.8. The van der Waals surface area contributed by atoms with Crippen molar-refractivity contribution in [2.45, 2.75) is 65.3 Å². The smallest absolute Gasteiger partial charge is 0.254 e. The van der Waals surface area contributed by atoms with Crippen LogP contribution < -0.4 is 0 Å². The lowest BCUT2D eigenvalue weighted by Crippen LogP contribution is -2.43.